The summed E-state index contributed by atoms with van der Waals surface area (Å²) in [6.07, 6.45) is -1.27. The van der Waals surface area contributed by atoms with Crippen molar-refractivity contribution in [2.45, 2.75) is 26.2 Å². The molecule has 0 saturated carbocycles. The fraction of sp³-hybridized carbons (Fsp3) is 0.154. The number of halogens is 2. The van der Waals surface area contributed by atoms with E-state index >= 15 is 0 Å². The van der Waals surface area contributed by atoms with Gasteiger partial charge < -0.3 is 14.8 Å². The maximum absolute atomic E-state index is 12.6. The molecule has 0 bridgehead atoms. The Kier molecular flexibility index (Phi) is 7.05. The minimum absolute atomic E-state index is 0.00589. The third kappa shape index (κ3) is 5.22. The van der Waals surface area contributed by atoms with E-state index in [0.717, 1.165) is 4.90 Å². The summed E-state index contributed by atoms with van der Waals surface area (Å²) < 4.78 is 34.8. The van der Waals surface area contributed by atoms with Crippen molar-refractivity contribution in [2.24, 2.45) is 0 Å². The molecule has 1 unspecified atom stereocenters. The molecule has 1 N–H and O–H groups in total. The first-order valence-electron chi connectivity index (χ1n) is 10.8. The van der Waals surface area contributed by atoms with Gasteiger partial charge in [0.25, 0.3) is 17.7 Å². The number of para-hydroxylation sites is 2. The number of imide groups is 1. The van der Waals surface area contributed by atoms with Crippen LogP contribution >= 0.6 is 0 Å². The first-order chi connectivity index (χ1) is 17.2. The van der Waals surface area contributed by atoms with Gasteiger partial charge in [0, 0.05) is 0 Å². The zero-order valence-corrected chi connectivity index (χ0v) is 18.9. The number of hydrogen-bond donors (Lipinski definition) is 1. The Morgan fingerprint density at radius 3 is 2.22 bits per heavy atom. The number of benzene rings is 3. The van der Waals surface area contributed by atoms with Crippen LogP contribution in [-0.4, -0.2) is 41.3 Å². The van der Waals surface area contributed by atoms with Crippen LogP contribution in [0.1, 0.15) is 43.6 Å². The predicted octanol–water partition coefficient (Wildman–Crippen LogP) is 4.27. The van der Waals surface area contributed by atoms with Gasteiger partial charge >= 0.3 is 12.6 Å². The summed E-state index contributed by atoms with van der Waals surface area (Å²) in [4.78, 5) is 51.4. The van der Waals surface area contributed by atoms with Crippen LogP contribution in [0.15, 0.2) is 72.8 Å². The number of nitrogens with one attached hydrogen (secondary N) is 1. The molecule has 1 atom stereocenters. The zero-order chi connectivity index (χ0) is 25.8. The second kappa shape index (κ2) is 10.3. The smallest absolute Gasteiger partial charge is 0.387 e. The Morgan fingerprint density at radius 2 is 1.56 bits per heavy atom. The van der Waals surface area contributed by atoms with Crippen LogP contribution in [0, 0.1) is 0 Å². The van der Waals surface area contributed by atoms with E-state index in [9.17, 15) is 28.0 Å². The quantitative estimate of drug-likeness (QED) is 0.371. The molecule has 0 radical (unpaired) electrons. The number of ether oxygens (including phenoxy) is 2. The maximum atomic E-state index is 12.6. The molecule has 1 heterocycles. The Balaban J connectivity index is 1.40. The maximum Gasteiger partial charge on any atom is 0.387 e. The van der Waals surface area contributed by atoms with E-state index in [0.29, 0.717) is 16.7 Å². The number of nitrogens with zero attached hydrogens (tertiary/aromatic N) is 1. The number of rotatable bonds is 8. The topological polar surface area (TPSA) is 102 Å². The van der Waals surface area contributed by atoms with E-state index in [2.05, 4.69) is 10.1 Å². The number of fused-ring (bicyclic) bond motifs is 1. The van der Waals surface area contributed by atoms with Crippen molar-refractivity contribution in [3.8, 4) is 5.75 Å². The van der Waals surface area contributed by atoms with Crippen LogP contribution in [0.2, 0.25) is 0 Å². The molecule has 1 aliphatic heterocycles. The molecule has 184 valence electrons. The van der Waals surface area contributed by atoms with Gasteiger partial charge in [-0.1, -0.05) is 36.4 Å². The number of anilines is 1. The highest BCUT2D eigenvalue weighted by atomic mass is 19.3. The lowest BCUT2D eigenvalue weighted by molar-refractivity contribution is -0.123. The van der Waals surface area contributed by atoms with E-state index in [4.69, 9.17) is 4.74 Å². The second-order valence-corrected chi connectivity index (χ2v) is 7.85. The van der Waals surface area contributed by atoms with Crippen LogP contribution in [0.5, 0.6) is 5.75 Å². The van der Waals surface area contributed by atoms with Crippen LogP contribution in [0.3, 0.4) is 0 Å². The highest BCUT2D eigenvalue weighted by Crippen LogP contribution is 2.26. The molecule has 0 aliphatic carbocycles. The molecule has 1 aliphatic rings. The normalized spacial score (nSPS) is 13.4. The number of amides is 3. The molecule has 36 heavy (non-hydrogen) atoms. The minimum atomic E-state index is -3.08. The molecule has 0 aromatic heterocycles. The molecule has 4 rings (SSSR count). The summed E-state index contributed by atoms with van der Waals surface area (Å²) in [7, 11) is 0. The van der Waals surface area contributed by atoms with E-state index in [1.807, 2.05) is 0 Å². The number of esters is 1. The molecule has 8 nitrogen and oxygen atoms in total. The first kappa shape index (κ1) is 24.5. The number of alkyl halides is 2. The molecule has 3 aromatic rings. The van der Waals surface area contributed by atoms with Crippen LogP contribution < -0.4 is 10.1 Å². The summed E-state index contributed by atoms with van der Waals surface area (Å²) in [5.74, 6) is -2.66. The van der Waals surface area contributed by atoms with Crippen LogP contribution in [-0.2, 0) is 16.1 Å². The standard InChI is InChI=1S/C26H20F2N2O6/c1-15(22(31)29-20-11-4-5-12-21(20)36-26(27)28)35-25(34)17-8-6-7-16(13-17)14-30-23(32)18-9-2-3-10-19(18)24(30)33/h2-13,15,26H,14H2,1H3,(H,29,31). The number of carbonyl (C=O) groups is 4. The van der Waals surface area contributed by atoms with Crippen molar-refractivity contribution in [3.05, 3.63) is 95.1 Å². The van der Waals surface area contributed by atoms with Crippen molar-refractivity contribution in [1.29, 1.82) is 0 Å². The molecule has 3 amide bonds. The minimum Gasteiger partial charge on any atom is -0.449 e. The second-order valence-electron chi connectivity index (χ2n) is 7.85. The van der Waals surface area contributed by atoms with Gasteiger partial charge in [0.05, 0.1) is 28.9 Å². The van der Waals surface area contributed by atoms with Gasteiger partial charge in [-0.2, -0.15) is 8.78 Å². The van der Waals surface area contributed by atoms with Gasteiger partial charge in [-0.15, -0.1) is 0 Å². The Morgan fingerprint density at radius 1 is 0.917 bits per heavy atom. The van der Waals surface area contributed by atoms with E-state index in [1.54, 1.807) is 36.4 Å². The molecule has 10 heteroatoms. The molecule has 0 saturated heterocycles. The van der Waals surface area contributed by atoms with Gasteiger partial charge in [0.15, 0.2) is 6.10 Å². The van der Waals surface area contributed by atoms with E-state index in [-0.39, 0.29) is 23.5 Å². The van der Waals surface area contributed by atoms with Crippen molar-refractivity contribution >= 4 is 29.4 Å². The summed E-state index contributed by atoms with van der Waals surface area (Å²) in [6, 6.07) is 18.2. The van der Waals surface area contributed by atoms with Crippen LogP contribution in [0.25, 0.3) is 0 Å². The molecular formula is C26H20F2N2O6. The highest BCUT2D eigenvalue weighted by Gasteiger charge is 2.35. The van der Waals surface area contributed by atoms with Crippen LogP contribution in [0.4, 0.5) is 14.5 Å². The number of hydrogen-bond acceptors (Lipinski definition) is 6. The van der Waals surface area contributed by atoms with E-state index < -0.39 is 36.4 Å². The van der Waals surface area contributed by atoms with Gasteiger partial charge in [-0.25, -0.2) is 4.79 Å². The molecular weight excluding hydrogens is 474 g/mol. The lowest BCUT2D eigenvalue weighted by atomic mass is 10.1. The number of carbonyl (C=O) groups excluding carboxylic acids is 4. The summed E-state index contributed by atoms with van der Waals surface area (Å²) in [6.45, 7) is -1.80. The van der Waals surface area contributed by atoms with Crippen molar-refractivity contribution in [2.75, 3.05) is 5.32 Å². The third-order valence-corrected chi connectivity index (χ3v) is 5.40. The highest BCUT2D eigenvalue weighted by molar-refractivity contribution is 6.21. The largest absolute Gasteiger partial charge is 0.449 e. The Hall–Kier alpha value is -4.60. The van der Waals surface area contributed by atoms with Gasteiger partial charge in [0.1, 0.15) is 5.75 Å². The lowest BCUT2D eigenvalue weighted by Crippen LogP contribution is -2.30. The fourth-order valence-corrected chi connectivity index (χ4v) is 3.65. The SMILES string of the molecule is CC(OC(=O)c1cccc(CN2C(=O)c3ccccc3C2=O)c1)C(=O)Nc1ccccc1OC(F)F. The van der Waals surface area contributed by atoms with Gasteiger partial charge in [0.2, 0.25) is 0 Å². The summed E-state index contributed by atoms with van der Waals surface area (Å²) in [5, 5.41) is 2.39. The van der Waals surface area contributed by atoms with Crippen molar-refractivity contribution in [1.82, 2.24) is 4.90 Å². The van der Waals surface area contributed by atoms with Crippen molar-refractivity contribution < 1.29 is 37.4 Å². The van der Waals surface area contributed by atoms with E-state index in [1.165, 1.54) is 43.3 Å². The molecule has 0 spiro atoms. The predicted molar refractivity (Wildman–Crippen MR) is 124 cm³/mol. The Bertz CT molecular complexity index is 1310. The Labute approximate surface area is 204 Å². The monoisotopic (exact) mass is 494 g/mol. The summed E-state index contributed by atoms with van der Waals surface area (Å²) >= 11 is 0. The molecule has 3 aromatic carbocycles. The van der Waals surface area contributed by atoms with Crippen molar-refractivity contribution in [3.63, 3.8) is 0 Å². The zero-order valence-electron chi connectivity index (χ0n) is 18.9. The average Bonchev–Trinajstić information content (AvgIpc) is 3.10. The third-order valence-electron chi connectivity index (χ3n) is 5.40. The average molecular weight is 494 g/mol. The lowest BCUT2D eigenvalue weighted by Gasteiger charge is -2.17. The van der Waals surface area contributed by atoms with Gasteiger partial charge in [-0.3, -0.25) is 19.3 Å². The fourth-order valence-electron chi connectivity index (χ4n) is 3.65. The van der Waals surface area contributed by atoms with Gasteiger partial charge in [-0.05, 0) is 48.9 Å². The molecule has 0 fully saturated rings. The summed E-state index contributed by atoms with van der Waals surface area (Å²) in [5.41, 5.74) is 1.24. The first-order valence-corrected chi connectivity index (χ1v) is 10.8.